The topological polar surface area (TPSA) is 67.2 Å². The van der Waals surface area contributed by atoms with Crippen LogP contribution in [-0.4, -0.2) is 5.91 Å². The Bertz CT molecular complexity index is 610. The molecule has 4 heteroatoms. The third-order valence-corrected chi connectivity index (χ3v) is 3.23. The number of hydrogen-bond acceptors (Lipinski definition) is 3. The lowest BCUT2D eigenvalue weighted by Crippen LogP contribution is -2.14. The Kier molecular flexibility index (Phi) is 4.05. The van der Waals surface area contributed by atoms with Gasteiger partial charge < -0.3 is 10.7 Å². The first-order valence-electron chi connectivity index (χ1n) is 6.47. The summed E-state index contributed by atoms with van der Waals surface area (Å²) in [5.74, 6) is 5.18. The van der Waals surface area contributed by atoms with Gasteiger partial charge in [0.2, 0.25) is 0 Å². The first-order chi connectivity index (χ1) is 9.51. The summed E-state index contributed by atoms with van der Waals surface area (Å²) in [7, 11) is 0. The van der Waals surface area contributed by atoms with Crippen LogP contribution in [0.25, 0.3) is 0 Å². The van der Waals surface area contributed by atoms with E-state index in [4.69, 9.17) is 5.84 Å². The van der Waals surface area contributed by atoms with Crippen molar-refractivity contribution in [3.8, 4) is 0 Å². The van der Waals surface area contributed by atoms with Crippen LogP contribution in [0.2, 0.25) is 0 Å². The van der Waals surface area contributed by atoms with Crippen molar-refractivity contribution in [3.63, 3.8) is 0 Å². The molecule has 2 aromatic rings. The van der Waals surface area contributed by atoms with Crippen LogP contribution in [0.4, 0.5) is 11.4 Å². The average Bonchev–Trinajstić information content (AvgIpc) is 2.42. The number of anilines is 2. The number of carbonyl (C=O) groups is 1. The maximum absolute atomic E-state index is 12.2. The van der Waals surface area contributed by atoms with E-state index in [0.717, 1.165) is 22.5 Å². The van der Waals surface area contributed by atoms with Crippen LogP contribution in [0.3, 0.4) is 0 Å². The van der Waals surface area contributed by atoms with E-state index in [1.807, 2.05) is 20.8 Å². The Hall–Kier alpha value is -2.33. The molecule has 0 fully saturated rings. The van der Waals surface area contributed by atoms with Crippen LogP contribution in [-0.2, 0) is 0 Å². The molecule has 104 valence electrons. The third-order valence-electron chi connectivity index (χ3n) is 3.23. The highest BCUT2D eigenvalue weighted by molar-refractivity contribution is 6.05. The number of amides is 1. The first-order valence-corrected chi connectivity index (χ1v) is 6.47. The van der Waals surface area contributed by atoms with Crippen LogP contribution in [0.15, 0.2) is 36.4 Å². The number of nitrogens with two attached hydrogens (primary N) is 1. The van der Waals surface area contributed by atoms with Gasteiger partial charge in [-0.25, -0.2) is 0 Å². The Labute approximate surface area is 119 Å². The van der Waals surface area contributed by atoms with E-state index in [-0.39, 0.29) is 5.91 Å². The first kappa shape index (κ1) is 14.1. The normalized spacial score (nSPS) is 10.2. The number of hydrogen-bond donors (Lipinski definition) is 3. The molecular formula is C16H19N3O. The lowest BCUT2D eigenvalue weighted by molar-refractivity contribution is 0.102. The maximum atomic E-state index is 12.2. The summed E-state index contributed by atoms with van der Waals surface area (Å²) in [6.07, 6.45) is 0. The fourth-order valence-corrected chi connectivity index (χ4v) is 2.28. The van der Waals surface area contributed by atoms with E-state index in [0.29, 0.717) is 5.56 Å². The minimum absolute atomic E-state index is 0.122. The molecule has 0 saturated heterocycles. The highest BCUT2D eigenvalue weighted by Gasteiger charge is 2.10. The molecule has 0 aromatic heterocycles. The zero-order valence-corrected chi connectivity index (χ0v) is 11.9. The molecule has 0 unspecified atom stereocenters. The molecular weight excluding hydrogens is 250 g/mol. The molecule has 0 spiro atoms. The molecule has 4 nitrogen and oxygen atoms in total. The summed E-state index contributed by atoms with van der Waals surface area (Å²) < 4.78 is 0. The molecule has 0 aliphatic rings. The third kappa shape index (κ3) is 2.97. The number of nitrogens with one attached hydrogen (secondary N) is 2. The standard InChI is InChI=1S/C16H19N3O/c1-10-8-11(2)15(12(3)9-10)18-16(20)13-4-6-14(19-17)7-5-13/h4-9,19H,17H2,1-3H3,(H,18,20). The molecule has 2 aromatic carbocycles. The number of aryl methyl sites for hydroxylation is 3. The molecule has 20 heavy (non-hydrogen) atoms. The van der Waals surface area contributed by atoms with Gasteiger partial charge in [-0.05, 0) is 56.2 Å². The Morgan fingerprint density at radius 2 is 1.55 bits per heavy atom. The van der Waals surface area contributed by atoms with E-state index < -0.39 is 0 Å². The van der Waals surface area contributed by atoms with Crippen molar-refractivity contribution < 1.29 is 4.79 Å². The van der Waals surface area contributed by atoms with Gasteiger partial charge in [0.1, 0.15) is 0 Å². The van der Waals surface area contributed by atoms with Crippen molar-refractivity contribution in [2.24, 2.45) is 5.84 Å². The average molecular weight is 269 g/mol. The van der Waals surface area contributed by atoms with Gasteiger partial charge in [-0.3, -0.25) is 10.6 Å². The SMILES string of the molecule is Cc1cc(C)c(NC(=O)c2ccc(NN)cc2)c(C)c1. The molecule has 0 aliphatic carbocycles. The van der Waals surface area contributed by atoms with Crippen LogP contribution >= 0.6 is 0 Å². The molecule has 1 amide bonds. The van der Waals surface area contributed by atoms with Gasteiger partial charge in [-0.1, -0.05) is 17.7 Å². The number of rotatable bonds is 3. The summed E-state index contributed by atoms with van der Waals surface area (Å²) in [5.41, 5.74) is 8.10. The number of carbonyl (C=O) groups excluding carboxylic acids is 1. The van der Waals surface area contributed by atoms with E-state index >= 15 is 0 Å². The van der Waals surface area contributed by atoms with Crippen molar-refractivity contribution in [2.75, 3.05) is 10.7 Å². The molecule has 0 atom stereocenters. The Balaban J connectivity index is 2.23. The Morgan fingerprint density at radius 3 is 2.05 bits per heavy atom. The second-order valence-corrected chi connectivity index (χ2v) is 4.95. The van der Waals surface area contributed by atoms with Gasteiger partial charge in [0.25, 0.3) is 5.91 Å². The molecule has 4 N–H and O–H groups in total. The van der Waals surface area contributed by atoms with Crippen LogP contribution in [0.5, 0.6) is 0 Å². The lowest BCUT2D eigenvalue weighted by atomic mass is 10.0. The minimum atomic E-state index is -0.122. The van der Waals surface area contributed by atoms with Crippen LogP contribution in [0.1, 0.15) is 27.0 Å². The zero-order chi connectivity index (χ0) is 14.7. The second-order valence-electron chi connectivity index (χ2n) is 4.95. The smallest absolute Gasteiger partial charge is 0.255 e. The quantitative estimate of drug-likeness (QED) is 0.592. The molecule has 2 rings (SSSR count). The predicted molar refractivity (Wildman–Crippen MR) is 82.9 cm³/mol. The summed E-state index contributed by atoms with van der Waals surface area (Å²) in [6, 6.07) is 11.1. The van der Waals surface area contributed by atoms with Gasteiger partial charge in [-0.15, -0.1) is 0 Å². The summed E-state index contributed by atoms with van der Waals surface area (Å²) >= 11 is 0. The van der Waals surface area contributed by atoms with Crippen molar-refractivity contribution >= 4 is 17.3 Å². The highest BCUT2D eigenvalue weighted by Crippen LogP contribution is 2.22. The Morgan fingerprint density at radius 1 is 1.00 bits per heavy atom. The van der Waals surface area contributed by atoms with Gasteiger partial charge in [0.05, 0.1) is 0 Å². The highest BCUT2D eigenvalue weighted by atomic mass is 16.1. The van der Waals surface area contributed by atoms with Crippen LogP contribution < -0.4 is 16.6 Å². The molecule has 0 saturated carbocycles. The summed E-state index contributed by atoms with van der Waals surface area (Å²) in [5, 5.41) is 2.97. The fourth-order valence-electron chi connectivity index (χ4n) is 2.28. The van der Waals surface area contributed by atoms with Crippen molar-refractivity contribution in [1.29, 1.82) is 0 Å². The monoisotopic (exact) mass is 269 g/mol. The van der Waals surface area contributed by atoms with Crippen molar-refractivity contribution in [1.82, 2.24) is 0 Å². The zero-order valence-electron chi connectivity index (χ0n) is 11.9. The summed E-state index contributed by atoms with van der Waals surface area (Å²) in [6.45, 7) is 6.04. The number of nitrogen functional groups attached to an aromatic ring is 1. The largest absolute Gasteiger partial charge is 0.324 e. The second kappa shape index (κ2) is 5.75. The van der Waals surface area contributed by atoms with Crippen molar-refractivity contribution in [2.45, 2.75) is 20.8 Å². The van der Waals surface area contributed by atoms with E-state index in [9.17, 15) is 4.79 Å². The predicted octanol–water partition coefficient (Wildman–Crippen LogP) is 3.15. The lowest BCUT2D eigenvalue weighted by Gasteiger charge is -2.13. The number of benzene rings is 2. The van der Waals surface area contributed by atoms with E-state index in [2.05, 4.69) is 22.9 Å². The molecule has 0 bridgehead atoms. The molecule has 0 heterocycles. The van der Waals surface area contributed by atoms with Gasteiger partial charge in [-0.2, -0.15) is 0 Å². The van der Waals surface area contributed by atoms with Crippen molar-refractivity contribution in [3.05, 3.63) is 58.7 Å². The van der Waals surface area contributed by atoms with Crippen LogP contribution in [0, 0.1) is 20.8 Å². The number of hydrazine groups is 1. The molecule has 0 radical (unpaired) electrons. The van der Waals surface area contributed by atoms with E-state index in [1.54, 1.807) is 24.3 Å². The van der Waals surface area contributed by atoms with Gasteiger partial charge >= 0.3 is 0 Å². The summed E-state index contributed by atoms with van der Waals surface area (Å²) in [4.78, 5) is 12.2. The maximum Gasteiger partial charge on any atom is 0.255 e. The van der Waals surface area contributed by atoms with Gasteiger partial charge in [0, 0.05) is 16.9 Å². The van der Waals surface area contributed by atoms with Gasteiger partial charge in [0.15, 0.2) is 0 Å². The minimum Gasteiger partial charge on any atom is -0.324 e. The molecule has 0 aliphatic heterocycles. The fraction of sp³-hybridized carbons (Fsp3) is 0.188. The van der Waals surface area contributed by atoms with E-state index in [1.165, 1.54) is 5.56 Å².